The molecule has 2 aromatic carbocycles. The lowest BCUT2D eigenvalue weighted by molar-refractivity contribution is -0.138. The molecule has 0 bridgehead atoms. The number of nitrogens with zero attached hydrogens (tertiary/aromatic N) is 5. The fourth-order valence-corrected chi connectivity index (χ4v) is 7.53. The number of rotatable bonds is 10. The zero-order valence-corrected chi connectivity index (χ0v) is 33.7. The van der Waals surface area contributed by atoms with E-state index in [0.29, 0.717) is 37.6 Å². The number of methoxy groups -OCH3 is 1. The second kappa shape index (κ2) is 17.3. The Morgan fingerprint density at radius 3 is 1.64 bits per heavy atom. The van der Waals surface area contributed by atoms with Crippen LogP contribution in [-0.2, 0) is 14.3 Å². The number of hydrogen-bond acceptors (Lipinski definition) is 7. The Morgan fingerprint density at radius 2 is 1.24 bits per heavy atom. The number of alkyl carbamates (subject to hydrolysis) is 1. The Kier molecular flexibility index (Phi) is 12.2. The summed E-state index contributed by atoms with van der Waals surface area (Å²) in [5.41, 5.74) is 6.85. The highest BCUT2D eigenvalue weighted by molar-refractivity contribution is 5.87. The summed E-state index contributed by atoms with van der Waals surface area (Å²) in [5, 5.41) is 12.3. The molecule has 4 heterocycles. The maximum Gasteiger partial charge on any atom is 0.407 e. The number of carboxylic acid groups (broad SMARTS) is 1. The van der Waals surface area contributed by atoms with Crippen LogP contribution in [0.1, 0.15) is 75.4 Å². The number of nitrogens with one attached hydrogen (secondary N) is 3. The molecule has 14 nitrogen and oxygen atoms in total. The van der Waals surface area contributed by atoms with Gasteiger partial charge in [-0.1, -0.05) is 88.1 Å². The molecule has 0 aliphatic carbocycles. The SMILES string of the molecule is C=C1C[C@@H](c2ncc(-c3ccc(C#Cc4ccc(-c5cnc([C@@H]6CC(=C)CN6C(=O)[C@H](C(C)C)N(C)C(=O)O)[nH]5)cc4)cc3)[nH]2)N(C(=O)[C@@H](NC(=O)OC)C(C)C)C1. The monoisotopic (exact) mass is 786 g/mol. The lowest BCUT2D eigenvalue weighted by Gasteiger charge is -2.33. The van der Waals surface area contributed by atoms with Crippen molar-refractivity contribution in [3.8, 4) is 34.4 Å². The van der Waals surface area contributed by atoms with Crippen LogP contribution in [0.3, 0.4) is 0 Å². The summed E-state index contributed by atoms with van der Waals surface area (Å²) in [7, 11) is 2.69. The zero-order valence-electron chi connectivity index (χ0n) is 33.7. The van der Waals surface area contributed by atoms with Crippen LogP contribution in [0.2, 0.25) is 0 Å². The van der Waals surface area contributed by atoms with Crippen LogP contribution in [0.15, 0.2) is 85.2 Å². The number of carbonyl (C=O) groups is 4. The van der Waals surface area contributed by atoms with Crippen molar-refractivity contribution in [3.63, 3.8) is 0 Å². The number of ether oxygens (including phenoxy) is 1. The number of likely N-dealkylation sites (N-methyl/N-ethyl adjacent to an activating group) is 1. The number of aromatic nitrogens is 4. The predicted molar refractivity (Wildman–Crippen MR) is 219 cm³/mol. The first-order chi connectivity index (χ1) is 27.6. The fourth-order valence-electron chi connectivity index (χ4n) is 7.53. The second-order valence-corrected chi connectivity index (χ2v) is 15.6. The zero-order chi connectivity index (χ0) is 41.8. The molecule has 2 aliphatic heterocycles. The third kappa shape index (κ3) is 8.83. The van der Waals surface area contributed by atoms with Gasteiger partial charge in [0, 0.05) is 31.3 Å². The number of H-pyrrole nitrogens is 2. The summed E-state index contributed by atoms with van der Waals surface area (Å²) in [6.45, 7) is 16.4. The van der Waals surface area contributed by atoms with Crippen molar-refractivity contribution in [1.29, 1.82) is 0 Å². The summed E-state index contributed by atoms with van der Waals surface area (Å²) in [6, 6.07) is 13.3. The summed E-state index contributed by atoms with van der Waals surface area (Å²) in [4.78, 5) is 71.5. The van der Waals surface area contributed by atoms with Crippen molar-refractivity contribution < 1.29 is 29.0 Å². The van der Waals surface area contributed by atoms with Gasteiger partial charge < -0.3 is 34.9 Å². The maximum atomic E-state index is 13.7. The minimum absolute atomic E-state index is 0.151. The molecule has 4 N–H and O–H groups in total. The van der Waals surface area contributed by atoms with Gasteiger partial charge >= 0.3 is 12.2 Å². The van der Waals surface area contributed by atoms with Crippen molar-refractivity contribution >= 4 is 24.0 Å². The van der Waals surface area contributed by atoms with Gasteiger partial charge in [-0.05, 0) is 60.1 Å². The van der Waals surface area contributed by atoms with Gasteiger partial charge in [-0.3, -0.25) is 14.5 Å². The molecule has 58 heavy (non-hydrogen) atoms. The van der Waals surface area contributed by atoms with E-state index in [1.54, 1.807) is 22.2 Å². The fraction of sp³-hybridized carbons (Fsp3) is 0.364. The third-order valence-corrected chi connectivity index (χ3v) is 10.6. The molecule has 0 radical (unpaired) electrons. The van der Waals surface area contributed by atoms with E-state index < -0.39 is 24.3 Å². The van der Waals surface area contributed by atoms with Crippen LogP contribution < -0.4 is 5.32 Å². The summed E-state index contributed by atoms with van der Waals surface area (Å²) in [6.07, 6.45) is 2.77. The number of benzene rings is 2. The normalized spacial score (nSPS) is 17.6. The Bertz CT molecular complexity index is 2260. The molecule has 4 atom stereocenters. The van der Waals surface area contributed by atoms with Gasteiger partial charge in [-0.15, -0.1) is 0 Å². The van der Waals surface area contributed by atoms with Gasteiger partial charge in [0.05, 0.1) is 43.0 Å². The average molecular weight is 787 g/mol. The highest BCUT2D eigenvalue weighted by Crippen LogP contribution is 2.37. The molecule has 2 aliphatic rings. The maximum absolute atomic E-state index is 13.7. The third-order valence-electron chi connectivity index (χ3n) is 10.6. The van der Waals surface area contributed by atoms with Crippen molar-refractivity contribution in [2.24, 2.45) is 11.8 Å². The van der Waals surface area contributed by atoms with Crippen LogP contribution in [0.5, 0.6) is 0 Å². The van der Waals surface area contributed by atoms with Crippen molar-refractivity contribution in [2.45, 2.75) is 64.7 Å². The van der Waals surface area contributed by atoms with E-state index in [-0.39, 0.29) is 35.7 Å². The number of aromatic amines is 2. The second-order valence-electron chi connectivity index (χ2n) is 15.6. The van der Waals surface area contributed by atoms with Gasteiger partial charge in [0.1, 0.15) is 23.7 Å². The standard InChI is InChI=1S/C44H50N8O6/c1-25(2)37(49-43(55)58-8)41(53)51-23-27(5)19-35(51)39-45-21-33(47-39)31-15-11-29(12-16-31)9-10-30-13-17-32(18-14-30)34-22-46-40(48-34)36-20-28(6)24-52(36)42(54)38(26(3)4)50(7)44(56)57/h11-18,21-22,25-26,35-38H,5-6,19-20,23-24H2,1-4,7-8H3,(H,45,47)(H,46,48)(H,49,55)(H,56,57)/t35-,36-,37-,38-/m0/s1. The van der Waals surface area contributed by atoms with Gasteiger partial charge in [-0.2, -0.15) is 0 Å². The summed E-state index contributed by atoms with van der Waals surface area (Å²) in [5.74, 6) is 6.86. The van der Waals surface area contributed by atoms with Crippen LogP contribution >= 0.6 is 0 Å². The van der Waals surface area contributed by atoms with Crippen molar-refractivity contribution in [1.82, 2.24) is 40.0 Å². The molecule has 4 aromatic rings. The molecule has 2 fully saturated rings. The first-order valence-corrected chi connectivity index (χ1v) is 19.2. The molecule has 6 rings (SSSR count). The number of hydrogen-bond donors (Lipinski definition) is 4. The summed E-state index contributed by atoms with van der Waals surface area (Å²) >= 11 is 0. The molecule has 4 amide bonds. The topological polar surface area (TPSA) is 177 Å². The lowest BCUT2D eigenvalue weighted by atomic mass is 10.0. The van der Waals surface area contributed by atoms with E-state index in [2.05, 4.69) is 50.3 Å². The molecule has 0 unspecified atom stereocenters. The Hall–Kier alpha value is -6.62. The Balaban J connectivity index is 1.10. The van der Waals surface area contributed by atoms with E-state index in [9.17, 15) is 24.3 Å². The van der Waals surface area contributed by atoms with Crippen LogP contribution in [0.25, 0.3) is 22.5 Å². The molecule has 2 aromatic heterocycles. The molecule has 302 valence electrons. The van der Waals surface area contributed by atoms with Crippen LogP contribution in [0, 0.1) is 23.7 Å². The van der Waals surface area contributed by atoms with Crippen LogP contribution in [-0.4, -0.2) is 103 Å². The number of likely N-dealkylation sites (tertiary alicyclic amines) is 2. The number of carbonyl (C=O) groups excluding carboxylic acids is 3. The quantitative estimate of drug-likeness (QED) is 0.103. The predicted octanol–water partition coefficient (Wildman–Crippen LogP) is 6.54. The molecular weight excluding hydrogens is 737 g/mol. The van der Waals surface area contributed by atoms with E-state index >= 15 is 0 Å². The minimum Gasteiger partial charge on any atom is -0.465 e. The smallest absolute Gasteiger partial charge is 0.407 e. The van der Waals surface area contributed by atoms with Crippen molar-refractivity contribution in [2.75, 3.05) is 27.2 Å². The molecular formula is C44H50N8O6. The van der Waals surface area contributed by atoms with Crippen LogP contribution in [0.4, 0.5) is 9.59 Å². The molecule has 0 spiro atoms. The van der Waals surface area contributed by atoms with E-state index in [4.69, 9.17) is 4.74 Å². The number of amides is 4. The Labute approximate surface area is 338 Å². The highest BCUT2D eigenvalue weighted by atomic mass is 16.5. The highest BCUT2D eigenvalue weighted by Gasteiger charge is 2.41. The average Bonchev–Trinajstić information content (AvgIpc) is 4.02. The lowest BCUT2D eigenvalue weighted by Crippen LogP contribution is -2.51. The first-order valence-electron chi connectivity index (χ1n) is 19.2. The Morgan fingerprint density at radius 1 is 0.793 bits per heavy atom. The number of imidazole rings is 2. The van der Waals surface area contributed by atoms with E-state index in [1.807, 2.05) is 76.2 Å². The molecule has 14 heteroatoms. The van der Waals surface area contributed by atoms with Gasteiger partial charge in [-0.25, -0.2) is 19.6 Å². The van der Waals surface area contributed by atoms with E-state index in [1.165, 1.54) is 14.2 Å². The summed E-state index contributed by atoms with van der Waals surface area (Å²) < 4.78 is 4.75. The van der Waals surface area contributed by atoms with Gasteiger partial charge in [0.25, 0.3) is 0 Å². The first kappa shape index (κ1) is 41.0. The van der Waals surface area contributed by atoms with Gasteiger partial charge in [0.15, 0.2) is 0 Å². The van der Waals surface area contributed by atoms with Gasteiger partial charge in [0.2, 0.25) is 11.8 Å². The largest absolute Gasteiger partial charge is 0.465 e. The molecule has 2 saturated heterocycles. The minimum atomic E-state index is -1.15. The molecule has 0 saturated carbocycles. The van der Waals surface area contributed by atoms with Crippen molar-refractivity contribution in [3.05, 3.63) is 108 Å². The van der Waals surface area contributed by atoms with E-state index in [0.717, 1.165) is 49.7 Å².